The molecule has 1 amide bonds. The number of rotatable bonds is 5. The minimum absolute atomic E-state index is 0.00506. The Balaban J connectivity index is 1.27. The monoisotopic (exact) mass is 556 g/mol. The average Bonchev–Trinajstić information content (AvgIpc) is 3.27. The van der Waals surface area contributed by atoms with Crippen molar-refractivity contribution in [2.45, 2.75) is 11.9 Å². The fraction of sp³-hybridized carbons (Fsp3) is 0.208. The van der Waals surface area contributed by atoms with E-state index in [1.165, 1.54) is 34.6 Å². The van der Waals surface area contributed by atoms with E-state index in [4.69, 9.17) is 21.1 Å². The van der Waals surface area contributed by atoms with Gasteiger partial charge in [-0.05, 0) is 35.9 Å². The molecule has 196 valence electrons. The maximum Gasteiger partial charge on any atom is 0.417 e. The van der Waals surface area contributed by atoms with E-state index in [0.29, 0.717) is 15.9 Å². The number of amides is 1. The standard InChI is InChI=1S/C24H21ClN6O6S/c1-15(32)36-21-19-12-18(25)2-3-20(19)29-22(21)38(34,35)31-10-8-30(9-11-31)24(33)37-23-27-13-17(14-28-23)16-4-6-26-7-5-16/h2-7,12-14,29H,8-11H2,1H3. The second-order valence-electron chi connectivity index (χ2n) is 8.32. The van der Waals surface area contributed by atoms with Crippen LogP contribution in [0.2, 0.25) is 5.02 Å². The highest BCUT2D eigenvalue weighted by atomic mass is 35.5. The number of nitrogens with one attached hydrogen (secondary N) is 1. The number of carbonyl (C=O) groups is 2. The van der Waals surface area contributed by atoms with Crippen molar-refractivity contribution in [2.24, 2.45) is 0 Å². The lowest BCUT2D eigenvalue weighted by molar-refractivity contribution is -0.131. The van der Waals surface area contributed by atoms with E-state index in [-0.39, 0.29) is 43.0 Å². The summed E-state index contributed by atoms with van der Waals surface area (Å²) >= 11 is 6.06. The van der Waals surface area contributed by atoms with Gasteiger partial charge in [0.2, 0.25) is 0 Å². The third-order valence-corrected chi connectivity index (χ3v) is 7.93. The molecule has 0 saturated carbocycles. The largest absolute Gasteiger partial charge is 0.423 e. The van der Waals surface area contributed by atoms with Crippen LogP contribution in [0.15, 0.2) is 60.1 Å². The predicted molar refractivity (Wildman–Crippen MR) is 136 cm³/mol. The van der Waals surface area contributed by atoms with Crippen molar-refractivity contribution >= 4 is 44.6 Å². The summed E-state index contributed by atoms with van der Waals surface area (Å²) < 4.78 is 38.7. The molecule has 1 aliphatic heterocycles. The molecule has 5 rings (SSSR count). The maximum absolute atomic E-state index is 13.5. The Morgan fingerprint density at radius 2 is 1.66 bits per heavy atom. The van der Waals surface area contributed by atoms with E-state index in [1.807, 2.05) is 0 Å². The molecule has 1 aliphatic rings. The lowest BCUT2D eigenvalue weighted by Gasteiger charge is -2.32. The fourth-order valence-electron chi connectivity index (χ4n) is 3.99. The first-order chi connectivity index (χ1) is 18.2. The van der Waals surface area contributed by atoms with Gasteiger partial charge < -0.3 is 19.4 Å². The summed E-state index contributed by atoms with van der Waals surface area (Å²) in [7, 11) is -4.10. The number of sulfonamides is 1. The molecule has 4 heterocycles. The van der Waals surface area contributed by atoms with Gasteiger partial charge in [0.15, 0.2) is 10.8 Å². The SMILES string of the molecule is CC(=O)Oc1c(S(=O)(=O)N2CCN(C(=O)Oc3ncc(-c4ccncc4)cn3)CC2)[nH]c2ccc(Cl)cc12. The lowest BCUT2D eigenvalue weighted by atomic mass is 10.1. The Hall–Kier alpha value is -4.07. The van der Waals surface area contributed by atoms with Gasteiger partial charge in [0.25, 0.3) is 10.0 Å². The van der Waals surface area contributed by atoms with Crippen molar-refractivity contribution in [3.63, 3.8) is 0 Å². The van der Waals surface area contributed by atoms with E-state index in [2.05, 4.69) is 19.9 Å². The number of halogens is 1. The molecule has 14 heteroatoms. The maximum atomic E-state index is 13.5. The van der Waals surface area contributed by atoms with Crippen LogP contribution in [-0.2, 0) is 14.8 Å². The van der Waals surface area contributed by atoms with Crippen molar-refractivity contribution in [3.05, 3.63) is 60.1 Å². The van der Waals surface area contributed by atoms with E-state index in [0.717, 1.165) is 11.1 Å². The molecule has 1 fully saturated rings. The molecular formula is C24H21ClN6O6S. The van der Waals surface area contributed by atoms with Crippen LogP contribution in [0, 0.1) is 0 Å². The van der Waals surface area contributed by atoms with Gasteiger partial charge >= 0.3 is 18.1 Å². The van der Waals surface area contributed by atoms with Crippen LogP contribution in [-0.4, -0.2) is 75.8 Å². The fourth-order valence-corrected chi connectivity index (χ4v) is 5.69. The molecule has 38 heavy (non-hydrogen) atoms. The summed E-state index contributed by atoms with van der Waals surface area (Å²) in [5, 5.41) is 0.462. The van der Waals surface area contributed by atoms with Gasteiger partial charge in [-0.1, -0.05) is 11.6 Å². The highest BCUT2D eigenvalue weighted by Gasteiger charge is 2.35. The van der Waals surface area contributed by atoms with Gasteiger partial charge in [-0.2, -0.15) is 4.31 Å². The number of fused-ring (bicyclic) bond motifs is 1. The van der Waals surface area contributed by atoms with E-state index in [1.54, 1.807) is 36.7 Å². The van der Waals surface area contributed by atoms with Gasteiger partial charge in [0.05, 0.1) is 5.52 Å². The third-order valence-electron chi connectivity index (χ3n) is 5.84. The molecule has 0 unspecified atom stereocenters. The van der Waals surface area contributed by atoms with Crippen LogP contribution in [0.5, 0.6) is 11.8 Å². The molecular weight excluding hydrogens is 536 g/mol. The van der Waals surface area contributed by atoms with Gasteiger partial charge in [0, 0.05) is 73.9 Å². The summed E-state index contributed by atoms with van der Waals surface area (Å²) in [5.41, 5.74) is 2.05. The van der Waals surface area contributed by atoms with Crippen molar-refractivity contribution in [1.29, 1.82) is 0 Å². The van der Waals surface area contributed by atoms with E-state index >= 15 is 0 Å². The zero-order valence-corrected chi connectivity index (χ0v) is 21.6. The molecule has 12 nitrogen and oxygen atoms in total. The number of hydrogen-bond donors (Lipinski definition) is 1. The molecule has 3 aromatic heterocycles. The Morgan fingerprint density at radius 3 is 2.32 bits per heavy atom. The van der Waals surface area contributed by atoms with Crippen LogP contribution in [0.3, 0.4) is 0 Å². The second kappa shape index (κ2) is 10.4. The minimum atomic E-state index is -4.10. The number of H-pyrrole nitrogens is 1. The van der Waals surface area contributed by atoms with Crippen molar-refractivity contribution in [2.75, 3.05) is 26.2 Å². The molecule has 1 aromatic carbocycles. The van der Waals surface area contributed by atoms with Gasteiger partial charge in [0.1, 0.15) is 0 Å². The number of hydrogen-bond acceptors (Lipinski definition) is 9. The van der Waals surface area contributed by atoms with Crippen LogP contribution in [0.4, 0.5) is 4.79 Å². The first-order valence-corrected chi connectivity index (χ1v) is 13.2. The van der Waals surface area contributed by atoms with Crippen molar-refractivity contribution < 1.29 is 27.5 Å². The first-order valence-electron chi connectivity index (χ1n) is 11.4. The lowest BCUT2D eigenvalue weighted by Crippen LogP contribution is -2.51. The zero-order chi connectivity index (χ0) is 26.9. The molecule has 1 saturated heterocycles. The number of piperazine rings is 1. The number of pyridine rings is 1. The van der Waals surface area contributed by atoms with Crippen LogP contribution in [0.25, 0.3) is 22.0 Å². The summed E-state index contributed by atoms with van der Waals surface area (Å²) in [6.45, 7) is 1.31. The van der Waals surface area contributed by atoms with E-state index in [9.17, 15) is 18.0 Å². The van der Waals surface area contributed by atoms with Crippen molar-refractivity contribution in [1.82, 2.24) is 29.1 Å². The Kier molecular flexibility index (Phi) is 6.97. The predicted octanol–water partition coefficient (Wildman–Crippen LogP) is 3.10. The Labute approximate surface area is 222 Å². The number of nitrogens with zero attached hydrogens (tertiary/aromatic N) is 5. The average molecular weight is 557 g/mol. The zero-order valence-electron chi connectivity index (χ0n) is 20.0. The van der Waals surface area contributed by atoms with E-state index < -0.39 is 22.1 Å². The number of esters is 1. The number of aromatic amines is 1. The summed E-state index contributed by atoms with van der Waals surface area (Å²) in [5.74, 6) is -0.796. The highest BCUT2D eigenvalue weighted by Crippen LogP contribution is 2.36. The molecule has 0 spiro atoms. The summed E-state index contributed by atoms with van der Waals surface area (Å²) in [6.07, 6.45) is 5.66. The highest BCUT2D eigenvalue weighted by molar-refractivity contribution is 7.89. The smallest absolute Gasteiger partial charge is 0.417 e. The Bertz CT molecular complexity index is 1600. The second-order valence-corrected chi connectivity index (χ2v) is 10.6. The molecule has 1 N–H and O–H groups in total. The molecule has 4 aromatic rings. The minimum Gasteiger partial charge on any atom is -0.423 e. The van der Waals surface area contributed by atoms with Gasteiger partial charge in [-0.3, -0.25) is 9.78 Å². The van der Waals surface area contributed by atoms with Crippen LogP contribution >= 0.6 is 11.6 Å². The summed E-state index contributed by atoms with van der Waals surface area (Å²) in [6, 6.07) is 8.20. The quantitative estimate of drug-likeness (QED) is 0.366. The normalized spacial score (nSPS) is 14.4. The number of ether oxygens (including phenoxy) is 2. The summed E-state index contributed by atoms with van der Waals surface area (Å²) in [4.78, 5) is 40.7. The van der Waals surface area contributed by atoms with Gasteiger partial charge in [-0.15, -0.1) is 0 Å². The molecule has 0 bridgehead atoms. The topological polar surface area (TPSA) is 148 Å². The van der Waals surface area contributed by atoms with Crippen LogP contribution in [0.1, 0.15) is 6.92 Å². The number of benzene rings is 1. The number of aromatic nitrogens is 4. The molecule has 0 aliphatic carbocycles. The van der Waals surface area contributed by atoms with Crippen LogP contribution < -0.4 is 9.47 Å². The van der Waals surface area contributed by atoms with Gasteiger partial charge in [-0.25, -0.2) is 23.2 Å². The molecule has 0 radical (unpaired) electrons. The molecule has 0 atom stereocenters. The van der Waals surface area contributed by atoms with Crippen molar-refractivity contribution in [3.8, 4) is 22.9 Å². The third kappa shape index (κ3) is 5.16. The Morgan fingerprint density at radius 1 is 0.974 bits per heavy atom. The first kappa shape index (κ1) is 25.6. The number of carbonyl (C=O) groups excluding carboxylic acids is 2.